The fourth-order valence-electron chi connectivity index (χ4n) is 4.14. The van der Waals surface area contributed by atoms with E-state index in [1.54, 1.807) is 7.05 Å². The topological polar surface area (TPSA) is 79.2 Å². The Kier molecular flexibility index (Phi) is 5.51. The average molecular weight is 411 g/mol. The third-order valence-electron chi connectivity index (χ3n) is 5.73. The van der Waals surface area contributed by atoms with Gasteiger partial charge >= 0.3 is 5.69 Å². The smallest absolute Gasteiger partial charge is 0.329 e. The summed E-state index contributed by atoms with van der Waals surface area (Å²) in [5.41, 5.74) is 2.31. The van der Waals surface area contributed by atoms with E-state index in [1.165, 1.54) is 10.1 Å². The predicted molar refractivity (Wildman–Crippen MR) is 119 cm³/mol. The Morgan fingerprint density at radius 1 is 1.07 bits per heavy atom. The first-order valence-corrected chi connectivity index (χ1v) is 10.6. The molecule has 30 heavy (non-hydrogen) atoms. The number of aromatic nitrogens is 4. The third-order valence-corrected chi connectivity index (χ3v) is 5.73. The number of H-pyrrole nitrogens is 1. The Morgan fingerprint density at radius 2 is 1.73 bits per heavy atom. The number of piperazine rings is 1. The van der Waals surface area contributed by atoms with Crippen LogP contribution in [0.5, 0.6) is 0 Å². The van der Waals surface area contributed by atoms with Crippen LogP contribution in [0.2, 0.25) is 0 Å². The van der Waals surface area contributed by atoms with Crippen LogP contribution in [-0.4, -0.2) is 56.7 Å². The number of fused-ring (bicyclic) bond motifs is 1. The molecule has 3 aromatic rings. The van der Waals surface area contributed by atoms with E-state index in [2.05, 4.69) is 59.8 Å². The van der Waals surface area contributed by atoms with Gasteiger partial charge in [-0.1, -0.05) is 43.7 Å². The van der Waals surface area contributed by atoms with Crippen molar-refractivity contribution in [1.82, 2.24) is 24.0 Å². The Balaban J connectivity index is 1.76. The quantitative estimate of drug-likeness (QED) is 0.691. The summed E-state index contributed by atoms with van der Waals surface area (Å²) in [6.07, 6.45) is 0. The molecule has 0 radical (unpaired) electrons. The molecule has 1 aliphatic rings. The Labute approximate surface area is 175 Å². The minimum absolute atomic E-state index is 0.391. The molecule has 4 rings (SSSR count). The lowest BCUT2D eigenvalue weighted by molar-refractivity contribution is 0.230. The number of hydrogen-bond acceptors (Lipinski definition) is 5. The lowest BCUT2D eigenvalue weighted by atomic mass is 10.1. The van der Waals surface area contributed by atoms with Crippen molar-refractivity contribution >= 4 is 17.1 Å². The van der Waals surface area contributed by atoms with E-state index in [0.29, 0.717) is 23.6 Å². The van der Waals surface area contributed by atoms with Crippen LogP contribution in [0.4, 0.5) is 5.95 Å². The molecule has 0 bridgehead atoms. The fraction of sp³-hybridized carbons (Fsp3) is 0.500. The van der Waals surface area contributed by atoms with Gasteiger partial charge in [0, 0.05) is 39.8 Å². The van der Waals surface area contributed by atoms with E-state index in [9.17, 15) is 9.59 Å². The predicted octanol–water partition coefficient (Wildman–Crippen LogP) is 1.56. The Bertz CT molecular complexity index is 1150. The van der Waals surface area contributed by atoms with Gasteiger partial charge in [-0.25, -0.2) is 4.79 Å². The summed E-state index contributed by atoms with van der Waals surface area (Å²) in [4.78, 5) is 36.8. The highest BCUT2D eigenvalue weighted by molar-refractivity contribution is 5.74. The molecule has 0 amide bonds. The number of aryl methyl sites for hydroxylation is 2. The van der Waals surface area contributed by atoms with Crippen LogP contribution in [-0.2, 0) is 13.6 Å². The lowest BCUT2D eigenvalue weighted by Gasteiger charge is -2.36. The molecule has 3 heterocycles. The van der Waals surface area contributed by atoms with Crippen molar-refractivity contribution in [3.63, 3.8) is 0 Å². The second kappa shape index (κ2) is 8.10. The molecule has 1 aliphatic heterocycles. The van der Waals surface area contributed by atoms with E-state index in [-0.39, 0.29) is 0 Å². The highest BCUT2D eigenvalue weighted by atomic mass is 16.2. The molecule has 0 aliphatic carbocycles. The number of hydrogen-bond donors (Lipinski definition) is 1. The number of rotatable bonds is 5. The van der Waals surface area contributed by atoms with Crippen LogP contribution in [0.25, 0.3) is 11.2 Å². The van der Waals surface area contributed by atoms with Gasteiger partial charge in [-0.05, 0) is 18.4 Å². The van der Waals surface area contributed by atoms with Gasteiger partial charge in [-0.3, -0.25) is 23.8 Å². The summed E-state index contributed by atoms with van der Waals surface area (Å²) in [6.45, 7) is 11.7. The fourth-order valence-corrected chi connectivity index (χ4v) is 4.14. The molecule has 1 aromatic carbocycles. The van der Waals surface area contributed by atoms with E-state index in [0.717, 1.165) is 44.2 Å². The minimum Gasteiger partial charge on any atom is -0.340 e. The molecular weight excluding hydrogens is 380 g/mol. The van der Waals surface area contributed by atoms with Crippen molar-refractivity contribution in [3.05, 3.63) is 56.2 Å². The molecule has 8 nitrogen and oxygen atoms in total. The summed E-state index contributed by atoms with van der Waals surface area (Å²) >= 11 is 0. The van der Waals surface area contributed by atoms with Crippen LogP contribution in [0.15, 0.2) is 33.9 Å². The number of imidazole rings is 1. The molecule has 1 N–H and O–H groups in total. The molecule has 0 atom stereocenters. The molecular formula is C22H30N6O2. The van der Waals surface area contributed by atoms with Gasteiger partial charge in [-0.2, -0.15) is 4.98 Å². The van der Waals surface area contributed by atoms with Gasteiger partial charge in [0.1, 0.15) is 0 Å². The lowest BCUT2D eigenvalue weighted by Crippen LogP contribution is -2.48. The summed E-state index contributed by atoms with van der Waals surface area (Å²) in [5.74, 6) is 1.39. The molecule has 0 saturated carbocycles. The number of nitrogens with zero attached hydrogens (tertiary/aromatic N) is 5. The van der Waals surface area contributed by atoms with Crippen molar-refractivity contribution in [2.75, 3.05) is 37.6 Å². The molecule has 8 heteroatoms. The molecule has 1 fully saturated rings. The van der Waals surface area contributed by atoms with E-state index >= 15 is 0 Å². The van der Waals surface area contributed by atoms with Crippen LogP contribution >= 0.6 is 0 Å². The summed E-state index contributed by atoms with van der Waals surface area (Å²) in [5, 5.41) is 0. The first kappa shape index (κ1) is 20.4. The zero-order chi connectivity index (χ0) is 21.4. The largest absolute Gasteiger partial charge is 0.340 e. The molecule has 0 unspecified atom stereocenters. The van der Waals surface area contributed by atoms with Crippen LogP contribution in [0, 0.1) is 12.8 Å². The maximum absolute atomic E-state index is 12.7. The molecule has 160 valence electrons. The number of nitrogens with one attached hydrogen (secondary N) is 1. The first-order valence-electron chi connectivity index (χ1n) is 10.6. The van der Waals surface area contributed by atoms with Gasteiger partial charge in [0.25, 0.3) is 5.56 Å². The third kappa shape index (κ3) is 3.92. The SMILES string of the molecule is Cc1ccc(Cn2c(N3CCN(CC(C)C)CC3)nc3c2c(=O)[nH]c(=O)n3C)cc1. The monoisotopic (exact) mass is 410 g/mol. The Hall–Kier alpha value is -2.87. The summed E-state index contributed by atoms with van der Waals surface area (Å²) < 4.78 is 3.37. The standard InChI is InChI=1S/C22H30N6O2/c1-15(2)13-26-9-11-27(12-10-26)21-23-19-18(20(29)24-22(30)25(19)4)28(21)14-17-7-5-16(3)6-8-17/h5-8,15H,9-14H2,1-4H3,(H,24,29,30). The van der Waals surface area contributed by atoms with E-state index < -0.39 is 11.2 Å². The van der Waals surface area contributed by atoms with Gasteiger partial charge < -0.3 is 4.90 Å². The van der Waals surface area contributed by atoms with Crippen molar-refractivity contribution in [3.8, 4) is 0 Å². The normalized spacial score (nSPS) is 15.4. The van der Waals surface area contributed by atoms with Gasteiger partial charge in [-0.15, -0.1) is 0 Å². The zero-order valence-electron chi connectivity index (χ0n) is 18.2. The number of benzene rings is 1. The number of aromatic amines is 1. The van der Waals surface area contributed by atoms with Crippen molar-refractivity contribution in [2.45, 2.75) is 27.3 Å². The molecule has 1 saturated heterocycles. The van der Waals surface area contributed by atoms with Gasteiger partial charge in [0.15, 0.2) is 11.2 Å². The zero-order valence-corrected chi connectivity index (χ0v) is 18.2. The minimum atomic E-state index is -0.444. The number of anilines is 1. The van der Waals surface area contributed by atoms with E-state index in [4.69, 9.17) is 4.98 Å². The Morgan fingerprint density at radius 3 is 2.37 bits per heavy atom. The van der Waals surface area contributed by atoms with Gasteiger partial charge in [0.2, 0.25) is 5.95 Å². The van der Waals surface area contributed by atoms with Gasteiger partial charge in [0.05, 0.1) is 6.54 Å². The second-order valence-electron chi connectivity index (χ2n) is 8.66. The summed E-state index contributed by atoms with van der Waals surface area (Å²) in [6, 6.07) is 8.28. The van der Waals surface area contributed by atoms with Crippen molar-refractivity contribution < 1.29 is 0 Å². The molecule has 2 aromatic heterocycles. The molecule has 0 spiro atoms. The average Bonchev–Trinajstić information content (AvgIpc) is 3.08. The van der Waals surface area contributed by atoms with Crippen LogP contribution < -0.4 is 16.1 Å². The van der Waals surface area contributed by atoms with Crippen molar-refractivity contribution in [2.24, 2.45) is 13.0 Å². The van der Waals surface area contributed by atoms with Crippen LogP contribution in [0.1, 0.15) is 25.0 Å². The first-order chi connectivity index (χ1) is 14.3. The maximum Gasteiger partial charge on any atom is 0.329 e. The summed E-state index contributed by atoms with van der Waals surface area (Å²) in [7, 11) is 1.65. The van der Waals surface area contributed by atoms with Crippen molar-refractivity contribution in [1.29, 1.82) is 0 Å². The van der Waals surface area contributed by atoms with Crippen LogP contribution in [0.3, 0.4) is 0 Å². The maximum atomic E-state index is 12.7. The van der Waals surface area contributed by atoms with E-state index in [1.807, 2.05) is 4.57 Å². The second-order valence-corrected chi connectivity index (χ2v) is 8.66. The highest BCUT2D eigenvalue weighted by Crippen LogP contribution is 2.23. The highest BCUT2D eigenvalue weighted by Gasteiger charge is 2.25.